The standard InChI is InChI=1S/C21H22F2N2O4/c1-28-20(27)17(11-14-6-3-2-4-7-14)24-19(26)18-13-25(18)12-15-8-5-9-16(10-15)29-21(22)23/h2-10,17-18,21H,11-13H2,1H3,(H,24,26). The van der Waals surface area contributed by atoms with Crippen LogP contribution in [0.3, 0.4) is 0 Å². The predicted molar refractivity (Wildman–Crippen MR) is 101 cm³/mol. The molecule has 3 unspecified atom stereocenters. The minimum absolute atomic E-state index is 0.0777. The number of amides is 1. The molecule has 0 aliphatic carbocycles. The number of rotatable bonds is 9. The largest absolute Gasteiger partial charge is 0.467 e. The fourth-order valence-corrected chi connectivity index (χ4v) is 3.11. The SMILES string of the molecule is COC(=O)C(Cc1ccccc1)NC(=O)C1CN1Cc1cccc(OC(F)F)c1. The zero-order chi connectivity index (χ0) is 20.8. The van der Waals surface area contributed by atoms with Crippen LogP contribution < -0.4 is 10.1 Å². The molecule has 3 atom stereocenters. The normalized spacial score (nSPS) is 18.8. The van der Waals surface area contributed by atoms with Gasteiger partial charge in [0, 0.05) is 19.5 Å². The van der Waals surface area contributed by atoms with Crippen LogP contribution in [0.4, 0.5) is 8.78 Å². The van der Waals surface area contributed by atoms with Gasteiger partial charge in [-0.3, -0.25) is 9.69 Å². The summed E-state index contributed by atoms with van der Waals surface area (Å²) < 4.78 is 33.9. The first-order chi connectivity index (χ1) is 14.0. The Morgan fingerprint density at radius 2 is 1.86 bits per heavy atom. The lowest BCUT2D eigenvalue weighted by molar-refractivity contribution is -0.145. The number of benzene rings is 2. The highest BCUT2D eigenvalue weighted by Crippen LogP contribution is 2.24. The van der Waals surface area contributed by atoms with Gasteiger partial charge in [0.1, 0.15) is 17.8 Å². The maximum atomic E-state index is 12.6. The van der Waals surface area contributed by atoms with E-state index >= 15 is 0 Å². The highest BCUT2D eigenvalue weighted by Gasteiger charge is 2.41. The number of nitrogens with zero attached hydrogens (tertiary/aromatic N) is 1. The molecule has 0 spiro atoms. The zero-order valence-electron chi connectivity index (χ0n) is 15.9. The van der Waals surface area contributed by atoms with Crippen LogP contribution >= 0.6 is 0 Å². The molecule has 1 aliphatic rings. The van der Waals surface area contributed by atoms with Gasteiger partial charge in [0.25, 0.3) is 0 Å². The Bertz CT molecular complexity index is 848. The van der Waals surface area contributed by atoms with E-state index in [-0.39, 0.29) is 17.7 Å². The fourth-order valence-electron chi connectivity index (χ4n) is 3.11. The fraction of sp³-hybridized carbons (Fsp3) is 0.333. The van der Waals surface area contributed by atoms with E-state index in [1.165, 1.54) is 19.2 Å². The lowest BCUT2D eigenvalue weighted by Crippen LogP contribution is -2.45. The lowest BCUT2D eigenvalue weighted by atomic mass is 10.1. The Morgan fingerprint density at radius 1 is 1.14 bits per heavy atom. The molecular formula is C21H22F2N2O4. The molecule has 0 radical (unpaired) electrons. The second-order valence-electron chi connectivity index (χ2n) is 6.75. The van der Waals surface area contributed by atoms with Crippen molar-refractivity contribution in [2.24, 2.45) is 0 Å². The zero-order valence-corrected chi connectivity index (χ0v) is 15.9. The summed E-state index contributed by atoms with van der Waals surface area (Å²) in [4.78, 5) is 26.5. The van der Waals surface area contributed by atoms with E-state index in [0.717, 1.165) is 11.1 Å². The number of alkyl halides is 2. The maximum Gasteiger partial charge on any atom is 0.387 e. The molecule has 6 nitrogen and oxygen atoms in total. The van der Waals surface area contributed by atoms with Crippen LogP contribution in [0.15, 0.2) is 54.6 Å². The highest BCUT2D eigenvalue weighted by molar-refractivity contribution is 5.89. The smallest absolute Gasteiger partial charge is 0.387 e. The molecule has 154 valence electrons. The molecule has 3 rings (SSSR count). The Balaban J connectivity index is 1.56. The van der Waals surface area contributed by atoms with Crippen molar-refractivity contribution in [3.63, 3.8) is 0 Å². The average molecular weight is 404 g/mol. The van der Waals surface area contributed by atoms with Gasteiger partial charge in [-0.05, 0) is 23.3 Å². The molecule has 1 saturated heterocycles. The number of halogens is 2. The molecule has 29 heavy (non-hydrogen) atoms. The van der Waals surface area contributed by atoms with Gasteiger partial charge in [-0.15, -0.1) is 0 Å². The van der Waals surface area contributed by atoms with Crippen LogP contribution in [0, 0.1) is 0 Å². The van der Waals surface area contributed by atoms with Crippen molar-refractivity contribution < 1.29 is 27.8 Å². The first-order valence-corrected chi connectivity index (χ1v) is 9.16. The molecule has 1 fully saturated rings. The lowest BCUT2D eigenvalue weighted by Gasteiger charge is -2.17. The van der Waals surface area contributed by atoms with Gasteiger partial charge in [0.15, 0.2) is 0 Å². The molecule has 0 aromatic heterocycles. The number of carbonyl (C=O) groups excluding carboxylic acids is 2. The Kier molecular flexibility index (Phi) is 6.77. The van der Waals surface area contributed by atoms with Gasteiger partial charge in [-0.25, -0.2) is 4.79 Å². The van der Waals surface area contributed by atoms with Crippen molar-refractivity contribution >= 4 is 11.9 Å². The van der Waals surface area contributed by atoms with Crippen molar-refractivity contribution in [1.29, 1.82) is 0 Å². The van der Waals surface area contributed by atoms with E-state index in [0.29, 0.717) is 19.5 Å². The summed E-state index contributed by atoms with van der Waals surface area (Å²) in [5.74, 6) is -0.698. The number of carbonyl (C=O) groups is 2. The van der Waals surface area contributed by atoms with E-state index in [4.69, 9.17) is 4.74 Å². The van der Waals surface area contributed by atoms with Gasteiger partial charge < -0.3 is 14.8 Å². The molecule has 1 N–H and O–H groups in total. The molecule has 8 heteroatoms. The summed E-state index contributed by atoms with van der Waals surface area (Å²) in [6, 6.07) is 14.6. The summed E-state index contributed by atoms with van der Waals surface area (Å²) in [5.41, 5.74) is 1.67. The third-order valence-electron chi connectivity index (χ3n) is 4.61. The topological polar surface area (TPSA) is 67.6 Å². The number of esters is 1. The molecule has 1 amide bonds. The summed E-state index contributed by atoms with van der Waals surface area (Å²) in [5, 5.41) is 2.75. The summed E-state index contributed by atoms with van der Waals surface area (Å²) in [6.07, 6.45) is 0.332. The van der Waals surface area contributed by atoms with Crippen molar-refractivity contribution in [3.8, 4) is 5.75 Å². The van der Waals surface area contributed by atoms with E-state index in [1.54, 1.807) is 12.1 Å². The van der Waals surface area contributed by atoms with Gasteiger partial charge in [0.05, 0.1) is 7.11 Å². The van der Waals surface area contributed by atoms with E-state index < -0.39 is 18.6 Å². The van der Waals surface area contributed by atoms with Gasteiger partial charge in [-0.1, -0.05) is 42.5 Å². The monoisotopic (exact) mass is 404 g/mol. The quantitative estimate of drug-likeness (QED) is 0.514. The van der Waals surface area contributed by atoms with E-state index in [1.807, 2.05) is 35.2 Å². The average Bonchev–Trinajstić information content (AvgIpc) is 3.46. The second kappa shape index (κ2) is 9.47. The van der Waals surface area contributed by atoms with Crippen LogP contribution in [0.5, 0.6) is 5.75 Å². The molecule has 2 aromatic rings. The van der Waals surface area contributed by atoms with Crippen molar-refractivity contribution in [3.05, 3.63) is 65.7 Å². The summed E-state index contributed by atoms with van der Waals surface area (Å²) in [7, 11) is 1.28. The first kappa shape index (κ1) is 20.7. The van der Waals surface area contributed by atoms with Crippen LogP contribution in [-0.4, -0.2) is 49.1 Å². The van der Waals surface area contributed by atoms with Gasteiger partial charge in [0.2, 0.25) is 5.91 Å². The van der Waals surface area contributed by atoms with Crippen molar-refractivity contribution in [1.82, 2.24) is 10.2 Å². The maximum absolute atomic E-state index is 12.6. The number of ether oxygens (including phenoxy) is 2. The number of methoxy groups -OCH3 is 1. The number of hydrogen-bond donors (Lipinski definition) is 1. The predicted octanol–water partition coefficient (Wildman–Crippen LogP) is 2.37. The molecule has 2 aromatic carbocycles. The number of hydrogen-bond acceptors (Lipinski definition) is 5. The molecule has 0 saturated carbocycles. The summed E-state index contributed by atoms with van der Waals surface area (Å²) >= 11 is 0. The van der Waals surface area contributed by atoms with Crippen LogP contribution in [0.2, 0.25) is 0 Å². The minimum atomic E-state index is -2.88. The Labute approximate surface area is 167 Å². The number of nitrogens with one attached hydrogen (secondary N) is 1. The first-order valence-electron chi connectivity index (χ1n) is 9.16. The minimum Gasteiger partial charge on any atom is -0.467 e. The van der Waals surface area contributed by atoms with Crippen LogP contribution in [0.25, 0.3) is 0 Å². The third kappa shape index (κ3) is 5.99. The summed E-state index contributed by atoms with van der Waals surface area (Å²) in [6.45, 7) is -1.95. The molecular weight excluding hydrogens is 382 g/mol. The van der Waals surface area contributed by atoms with E-state index in [9.17, 15) is 18.4 Å². The van der Waals surface area contributed by atoms with Crippen molar-refractivity contribution in [2.75, 3.05) is 13.7 Å². The second-order valence-corrected chi connectivity index (χ2v) is 6.75. The van der Waals surface area contributed by atoms with Crippen molar-refractivity contribution in [2.45, 2.75) is 31.7 Å². The van der Waals surface area contributed by atoms with Crippen LogP contribution in [-0.2, 0) is 27.3 Å². The Morgan fingerprint density at radius 3 is 2.55 bits per heavy atom. The molecule has 0 bridgehead atoms. The van der Waals surface area contributed by atoms with E-state index in [2.05, 4.69) is 10.1 Å². The third-order valence-corrected chi connectivity index (χ3v) is 4.61. The highest BCUT2D eigenvalue weighted by atomic mass is 19.3. The molecule has 1 heterocycles. The molecule has 1 aliphatic heterocycles. The van der Waals surface area contributed by atoms with Crippen LogP contribution in [0.1, 0.15) is 11.1 Å². The van der Waals surface area contributed by atoms with Gasteiger partial charge in [-0.2, -0.15) is 8.78 Å². The Hall–Kier alpha value is -3.00. The van der Waals surface area contributed by atoms with Gasteiger partial charge >= 0.3 is 12.6 Å².